The average molecular weight is 277 g/mol. The maximum atomic E-state index is 14.2. The van der Waals surface area contributed by atoms with Crippen molar-refractivity contribution in [2.24, 2.45) is 0 Å². The molecular weight excluding hydrogens is 260 g/mol. The first-order chi connectivity index (χ1) is 9.19. The molecule has 2 N–H and O–H groups in total. The van der Waals surface area contributed by atoms with Gasteiger partial charge < -0.3 is 15.0 Å². The molecule has 1 saturated heterocycles. The highest BCUT2D eigenvalue weighted by Gasteiger charge is 2.52. The van der Waals surface area contributed by atoms with Crippen molar-refractivity contribution >= 4 is 23.9 Å². The van der Waals surface area contributed by atoms with Gasteiger partial charge in [-0.1, -0.05) is 0 Å². The van der Waals surface area contributed by atoms with Gasteiger partial charge in [0.05, 0.1) is 22.9 Å². The van der Waals surface area contributed by atoms with Crippen molar-refractivity contribution in [3.8, 4) is 0 Å². The third-order valence-corrected chi connectivity index (χ3v) is 4.11. The maximum Gasteiger partial charge on any atom is 0.497 e. The van der Waals surface area contributed by atoms with Crippen LogP contribution in [0.4, 0.5) is 10.2 Å². The van der Waals surface area contributed by atoms with Crippen LogP contribution in [0.5, 0.6) is 0 Å². The van der Waals surface area contributed by atoms with Gasteiger partial charge in [0.1, 0.15) is 11.6 Å². The lowest BCUT2D eigenvalue weighted by Crippen LogP contribution is -2.41. The lowest BCUT2D eigenvalue weighted by molar-refractivity contribution is 0.00578. The molecule has 3 heterocycles. The number of hydrogen-bond acceptors (Lipinski definition) is 4. The molecule has 106 valence electrons. The molecule has 0 spiro atoms. The molecule has 2 aromatic rings. The fourth-order valence-electron chi connectivity index (χ4n) is 2.20. The smallest absolute Gasteiger partial charge is 0.399 e. The van der Waals surface area contributed by atoms with Crippen LogP contribution in [0.25, 0.3) is 5.52 Å². The summed E-state index contributed by atoms with van der Waals surface area (Å²) in [6, 6.07) is 3.33. The van der Waals surface area contributed by atoms with E-state index in [-0.39, 0.29) is 0 Å². The Morgan fingerprint density at radius 3 is 2.40 bits per heavy atom. The number of hydrogen-bond donors (Lipinski definition) is 1. The Labute approximate surface area is 117 Å². The van der Waals surface area contributed by atoms with Gasteiger partial charge in [0.15, 0.2) is 0 Å². The zero-order chi connectivity index (χ0) is 14.7. The molecule has 7 heteroatoms. The van der Waals surface area contributed by atoms with E-state index in [1.165, 1.54) is 10.7 Å². The first-order valence-electron chi connectivity index (χ1n) is 6.49. The topological polar surface area (TPSA) is 61.8 Å². The standard InChI is InChI=1S/C13H17BFN3O2/c1-12(2)13(3,4)20-14(19-12)9-5-8-6-11(16)17-18(8)7-10(9)15/h5-7H,1-4H3,(H2,16,17). The number of anilines is 1. The van der Waals surface area contributed by atoms with E-state index >= 15 is 0 Å². The molecule has 0 saturated carbocycles. The second kappa shape index (κ2) is 3.96. The molecule has 3 rings (SSSR count). The zero-order valence-electron chi connectivity index (χ0n) is 12.0. The van der Waals surface area contributed by atoms with E-state index in [4.69, 9.17) is 15.0 Å². The van der Waals surface area contributed by atoms with E-state index in [0.29, 0.717) is 16.8 Å². The summed E-state index contributed by atoms with van der Waals surface area (Å²) in [4.78, 5) is 0. The quantitative estimate of drug-likeness (QED) is 0.799. The predicted octanol–water partition coefficient (Wildman–Crippen LogP) is 1.35. The van der Waals surface area contributed by atoms with Crippen LogP contribution in [-0.4, -0.2) is 27.9 Å². The molecule has 0 amide bonds. The first kappa shape index (κ1) is 13.4. The van der Waals surface area contributed by atoms with E-state index < -0.39 is 24.1 Å². The number of nitrogens with two attached hydrogens (primary N) is 1. The van der Waals surface area contributed by atoms with Crippen molar-refractivity contribution in [3.63, 3.8) is 0 Å². The molecule has 0 radical (unpaired) electrons. The molecule has 2 aromatic heterocycles. The minimum atomic E-state index is -0.735. The van der Waals surface area contributed by atoms with Gasteiger partial charge in [-0.25, -0.2) is 8.91 Å². The summed E-state index contributed by atoms with van der Waals surface area (Å²) < 4.78 is 27.4. The molecule has 0 unspecified atom stereocenters. The second-order valence-corrected chi connectivity index (χ2v) is 6.10. The lowest BCUT2D eigenvalue weighted by atomic mass is 9.79. The van der Waals surface area contributed by atoms with E-state index in [0.717, 1.165) is 0 Å². The summed E-state index contributed by atoms with van der Waals surface area (Å²) in [5.74, 6) is -0.0884. The zero-order valence-corrected chi connectivity index (χ0v) is 12.0. The van der Waals surface area contributed by atoms with Gasteiger partial charge in [0, 0.05) is 11.5 Å². The van der Waals surface area contributed by atoms with Gasteiger partial charge in [-0.3, -0.25) is 0 Å². The number of aromatic nitrogens is 2. The fraction of sp³-hybridized carbons (Fsp3) is 0.462. The summed E-state index contributed by atoms with van der Waals surface area (Å²) >= 11 is 0. The molecule has 20 heavy (non-hydrogen) atoms. The van der Waals surface area contributed by atoms with Crippen molar-refractivity contribution in [1.29, 1.82) is 0 Å². The van der Waals surface area contributed by atoms with Crippen LogP contribution in [0.15, 0.2) is 18.3 Å². The molecule has 1 aliphatic rings. The van der Waals surface area contributed by atoms with Crippen molar-refractivity contribution in [3.05, 3.63) is 24.1 Å². The summed E-state index contributed by atoms with van der Waals surface area (Å²) in [5.41, 5.74) is 5.66. The van der Waals surface area contributed by atoms with Crippen molar-refractivity contribution in [1.82, 2.24) is 9.61 Å². The highest BCUT2D eigenvalue weighted by Crippen LogP contribution is 2.36. The molecule has 1 fully saturated rings. The van der Waals surface area contributed by atoms with E-state index in [1.54, 1.807) is 12.1 Å². The van der Waals surface area contributed by atoms with Crippen LogP contribution in [-0.2, 0) is 9.31 Å². The summed E-state index contributed by atoms with van der Waals surface area (Å²) in [7, 11) is -0.735. The van der Waals surface area contributed by atoms with Gasteiger partial charge in [-0.15, -0.1) is 0 Å². The second-order valence-electron chi connectivity index (χ2n) is 6.10. The Balaban J connectivity index is 2.05. The normalized spacial score (nSPS) is 20.8. The summed E-state index contributed by atoms with van der Waals surface area (Å²) in [5, 5.41) is 3.97. The van der Waals surface area contributed by atoms with Gasteiger partial charge in [-0.2, -0.15) is 5.10 Å². The SMILES string of the molecule is CC1(C)OB(c2cc3cc(N)nn3cc2F)OC1(C)C. The first-order valence-corrected chi connectivity index (χ1v) is 6.49. The monoisotopic (exact) mass is 277 g/mol. The Morgan fingerprint density at radius 1 is 1.20 bits per heavy atom. The number of fused-ring (bicyclic) bond motifs is 1. The van der Waals surface area contributed by atoms with E-state index in [1.807, 2.05) is 27.7 Å². The molecule has 0 aromatic carbocycles. The summed E-state index contributed by atoms with van der Waals surface area (Å²) in [6.07, 6.45) is 1.28. The highest BCUT2D eigenvalue weighted by molar-refractivity contribution is 6.62. The van der Waals surface area contributed by atoms with Crippen LogP contribution in [0, 0.1) is 5.82 Å². The number of pyridine rings is 1. The van der Waals surface area contributed by atoms with Gasteiger partial charge >= 0.3 is 7.12 Å². The molecule has 5 nitrogen and oxygen atoms in total. The largest absolute Gasteiger partial charge is 0.497 e. The lowest BCUT2D eigenvalue weighted by Gasteiger charge is -2.32. The Kier molecular flexibility index (Phi) is 2.65. The Bertz CT molecular complexity index is 668. The van der Waals surface area contributed by atoms with E-state index in [9.17, 15) is 4.39 Å². The van der Waals surface area contributed by atoms with Crippen molar-refractivity contribution in [2.45, 2.75) is 38.9 Å². The van der Waals surface area contributed by atoms with Crippen LogP contribution in [0.3, 0.4) is 0 Å². The Morgan fingerprint density at radius 2 is 1.80 bits per heavy atom. The number of halogens is 1. The van der Waals surface area contributed by atoms with Crippen molar-refractivity contribution in [2.75, 3.05) is 5.73 Å². The fourth-order valence-corrected chi connectivity index (χ4v) is 2.20. The van der Waals surface area contributed by atoms with Crippen LogP contribution < -0.4 is 11.2 Å². The molecule has 0 atom stereocenters. The summed E-state index contributed by atoms with van der Waals surface area (Å²) in [6.45, 7) is 7.72. The van der Waals surface area contributed by atoms with Crippen molar-refractivity contribution < 1.29 is 13.7 Å². The third kappa shape index (κ3) is 1.89. The average Bonchev–Trinajstić information content (AvgIpc) is 2.74. The number of nitrogen functional groups attached to an aromatic ring is 1. The third-order valence-electron chi connectivity index (χ3n) is 4.11. The van der Waals surface area contributed by atoms with Gasteiger partial charge in [0.2, 0.25) is 0 Å². The van der Waals surface area contributed by atoms with Gasteiger partial charge in [0.25, 0.3) is 0 Å². The highest BCUT2D eigenvalue weighted by atomic mass is 19.1. The van der Waals surface area contributed by atoms with Gasteiger partial charge in [-0.05, 0) is 33.8 Å². The Hall–Kier alpha value is -1.60. The molecule has 0 bridgehead atoms. The maximum absolute atomic E-state index is 14.2. The molecular formula is C13H17BFN3O2. The predicted molar refractivity (Wildman–Crippen MR) is 75.3 cm³/mol. The number of nitrogens with zero attached hydrogens (tertiary/aromatic N) is 2. The molecule has 0 aliphatic carbocycles. The minimum Gasteiger partial charge on any atom is -0.399 e. The van der Waals surface area contributed by atoms with Crippen LogP contribution in [0.1, 0.15) is 27.7 Å². The van der Waals surface area contributed by atoms with E-state index in [2.05, 4.69) is 5.10 Å². The van der Waals surface area contributed by atoms with Crippen LogP contribution in [0.2, 0.25) is 0 Å². The molecule has 1 aliphatic heterocycles. The van der Waals surface area contributed by atoms with Crippen LogP contribution >= 0.6 is 0 Å². The minimum absolute atomic E-state index is 0.343. The number of rotatable bonds is 1.